The van der Waals surface area contributed by atoms with Crippen molar-refractivity contribution in [2.24, 2.45) is 0 Å². The van der Waals surface area contributed by atoms with Gasteiger partial charge in [0.1, 0.15) is 0 Å². The first kappa shape index (κ1) is 17.9. The largest absolute Gasteiger partial charge is 0.331 e. The van der Waals surface area contributed by atoms with Crippen molar-refractivity contribution in [3.8, 4) is 0 Å². The van der Waals surface area contributed by atoms with Crippen LogP contribution >= 0.6 is 0 Å². The van der Waals surface area contributed by atoms with Gasteiger partial charge in [0.2, 0.25) is 5.91 Å². The number of nitrogens with one attached hydrogen (secondary N) is 2. The fraction of sp³-hybridized carbons (Fsp3) is 0.300. The maximum Gasteiger partial charge on any atom is 0.238 e. The van der Waals surface area contributed by atoms with Crippen molar-refractivity contribution in [3.05, 3.63) is 54.1 Å². The van der Waals surface area contributed by atoms with Gasteiger partial charge >= 0.3 is 0 Å². The maximum atomic E-state index is 12.8. The second kappa shape index (κ2) is 8.02. The Morgan fingerprint density at radius 2 is 1.85 bits per heavy atom. The van der Waals surface area contributed by atoms with Gasteiger partial charge in [-0.25, -0.2) is 4.98 Å². The molecule has 1 aromatic heterocycles. The molecule has 27 heavy (non-hydrogen) atoms. The van der Waals surface area contributed by atoms with Crippen molar-refractivity contribution in [2.45, 2.75) is 23.8 Å². The summed E-state index contributed by atoms with van der Waals surface area (Å²) in [6.45, 7) is 2.36. The number of hydrogen-bond acceptors (Lipinski definition) is 4. The van der Waals surface area contributed by atoms with Gasteiger partial charge in [-0.1, -0.05) is 30.3 Å². The third-order valence-corrected chi connectivity index (χ3v) is 5.93. The highest BCUT2D eigenvalue weighted by Crippen LogP contribution is 2.21. The van der Waals surface area contributed by atoms with E-state index in [2.05, 4.69) is 20.2 Å². The number of imidazole rings is 1. The van der Waals surface area contributed by atoms with E-state index in [1.165, 1.54) is 0 Å². The molecule has 1 fully saturated rings. The highest BCUT2D eigenvalue weighted by molar-refractivity contribution is 7.84. The number of carbonyl (C=O) groups excluding carboxylic acids is 1. The first-order chi connectivity index (χ1) is 13.2. The van der Waals surface area contributed by atoms with Crippen molar-refractivity contribution in [3.63, 3.8) is 0 Å². The molecule has 1 aliphatic heterocycles. The quantitative estimate of drug-likeness (QED) is 0.687. The summed E-state index contributed by atoms with van der Waals surface area (Å²) in [5.74, 6) is 0.263. The molecule has 0 bridgehead atoms. The second-order valence-electron chi connectivity index (χ2n) is 6.74. The average Bonchev–Trinajstić information content (AvgIpc) is 3.32. The summed E-state index contributed by atoms with van der Waals surface area (Å²) in [6, 6.07) is 15.1. The fourth-order valence-corrected chi connectivity index (χ4v) is 4.44. The van der Waals surface area contributed by atoms with Gasteiger partial charge in [0.05, 0.1) is 34.1 Å². The number of rotatable bonds is 6. The van der Waals surface area contributed by atoms with E-state index < -0.39 is 10.8 Å². The number of amides is 1. The summed E-state index contributed by atoms with van der Waals surface area (Å²) in [5.41, 5.74) is 3.22. The minimum absolute atomic E-state index is 0.0288. The normalized spacial score (nSPS) is 15.9. The molecule has 0 aliphatic carbocycles. The summed E-state index contributed by atoms with van der Waals surface area (Å²) in [7, 11) is -1.32. The Morgan fingerprint density at radius 1 is 1.11 bits per heavy atom. The van der Waals surface area contributed by atoms with Crippen LogP contribution in [0.3, 0.4) is 0 Å². The van der Waals surface area contributed by atoms with Gasteiger partial charge in [0, 0.05) is 5.69 Å². The van der Waals surface area contributed by atoms with Crippen molar-refractivity contribution in [1.82, 2.24) is 14.9 Å². The molecule has 3 aromatic rings. The molecule has 1 atom stereocenters. The standard InChI is InChI=1S/C20H22N4O2S/c25-19(13-24-11-5-6-12-24)21-16-8-2-1-7-15(16)14-27(26)20-22-17-9-3-4-10-18(17)23-20/h1-4,7-10H,5-6,11-14H2,(H,21,25)(H,22,23). The number of benzene rings is 2. The first-order valence-electron chi connectivity index (χ1n) is 9.12. The molecule has 1 saturated heterocycles. The number of likely N-dealkylation sites (tertiary alicyclic amines) is 1. The van der Waals surface area contributed by atoms with Crippen LogP contribution in [-0.2, 0) is 21.3 Å². The van der Waals surface area contributed by atoms with Crippen LogP contribution in [0, 0.1) is 0 Å². The van der Waals surface area contributed by atoms with Crippen LogP contribution < -0.4 is 5.32 Å². The van der Waals surface area contributed by atoms with Gasteiger partial charge < -0.3 is 10.3 Å². The Kier molecular flexibility index (Phi) is 5.31. The molecule has 6 nitrogen and oxygen atoms in total. The molecule has 1 unspecified atom stereocenters. The van der Waals surface area contributed by atoms with Gasteiger partial charge in [-0.3, -0.25) is 13.9 Å². The maximum absolute atomic E-state index is 12.8. The lowest BCUT2D eigenvalue weighted by Gasteiger charge is -2.15. The summed E-state index contributed by atoms with van der Waals surface area (Å²) >= 11 is 0. The van der Waals surface area contributed by atoms with E-state index in [0.717, 1.165) is 42.5 Å². The monoisotopic (exact) mass is 382 g/mol. The van der Waals surface area contributed by atoms with Crippen molar-refractivity contribution in [1.29, 1.82) is 0 Å². The Balaban J connectivity index is 1.47. The van der Waals surface area contributed by atoms with Crippen LogP contribution in [0.25, 0.3) is 11.0 Å². The molecular formula is C20H22N4O2S. The Labute approximate surface area is 160 Å². The number of anilines is 1. The number of aromatic amines is 1. The van der Waals surface area contributed by atoms with Crippen LogP contribution in [0.1, 0.15) is 18.4 Å². The minimum atomic E-state index is -1.32. The van der Waals surface area contributed by atoms with E-state index in [-0.39, 0.29) is 5.91 Å². The topological polar surface area (TPSA) is 78.1 Å². The zero-order chi connectivity index (χ0) is 18.6. The van der Waals surface area contributed by atoms with Crippen molar-refractivity contribution in [2.75, 3.05) is 25.0 Å². The second-order valence-corrected chi connectivity index (χ2v) is 8.10. The Bertz CT molecular complexity index is 946. The minimum Gasteiger partial charge on any atom is -0.331 e. The summed E-state index contributed by atoms with van der Waals surface area (Å²) in [6.07, 6.45) is 2.31. The zero-order valence-electron chi connectivity index (χ0n) is 15.0. The van der Waals surface area contributed by atoms with Crippen molar-refractivity contribution < 1.29 is 9.00 Å². The summed E-state index contributed by atoms with van der Waals surface area (Å²) in [5, 5.41) is 3.43. The predicted octanol–water partition coefficient (Wildman–Crippen LogP) is 2.91. The average molecular weight is 382 g/mol. The van der Waals surface area contributed by atoms with Crippen LogP contribution in [-0.4, -0.2) is 44.6 Å². The van der Waals surface area contributed by atoms with E-state index in [1.807, 2.05) is 48.5 Å². The zero-order valence-corrected chi connectivity index (χ0v) is 15.8. The molecule has 2 N–H and O–H groups in total. The van der Waals surface area contributed by atoms with E-state index in [1.54, 1.807) is 0 Å². The molecular weight excluding hydrogens is 360 g/mol. The lowest BCUT2D eigenvalue weighted by molar-refractivity contribution is -0.117. The molecule has 0 radical (unpaired) electrons. The number of para-hydroxylation sites is 3. The smallest absolute Gasteiger partial charge is 0.238 e. The van der Waals surface area contributed by atoms with Crippen LogP contribution in [0.2, 0.25) is 0 Å². The number of aromatic nitrogens is 2. The molecule has 2 aromatic carbocycles. The molecule has 0 saturated carbocycles. The number of hydrogen-bond donors (Lipinski definition) is 2. The van der Waals surface area contributed by atoms with E-state index in [4.69, 9.17) is 0 Å². The molecule has 4 rings (SSSR count). The number of carbonyl (C=O) groups is 1. The number of fused-ring (bicyclic) bond motifs is 1. The highest BCUT2D eigenvalue weighted by atomic mass is 32.2. The molecule has 2 heterocycles. The third-order valence-electron chi connectivity index (χ3n) is 4.73. The highest BCUT2D eigenvalue weighted by Gasteiger charge is 2.17. The first-order valence-corrected chi connectivity index (χ1v) is 10.4. The molecule has 1 amide bonds. The fourth-order valence-electron chi connectivity index (χ4n) is 3.35. The van der Waals surface area contributed by atoms with E-state index in [0.29, 0.717) is 23.1 Å². The number of H-pyrrole nitrogens is 1. The lowest BCUT2D eigenvalue weighted by atomic mass is 10.2. The molecule has 0 spiro atoms. The van der Waals surface area contributed by atoms with Gasteiger partial charge in [-0.2, -0.15) is 0 Å². The van der Waals surface area contributed by atoms with Crippen LogP contribution in [0.4, 0.5) is 5.69 Å². The van der Waals surface area contributed by atoms with Crippen molar-refractivity contribution >= 4 is 33.4 Å². The van der Waals surface area contributed by atoms with E-state index in [9.17, 15) is 9.00 Å². The molecule has 7 heteroatoms. The molecule has 140 valence electrons. The predicted molar refractivity (Wildman–Crippen MR) is 107 cm³/mol. The molecule has 1 aliphatic rings. The lowest BCUT2D eigenvalue weighted by Crippen LogP contribution is -2.31. The van der Waals surface area contributed by atoms with Crippen LogP contribution in [0.15, 0.2) is 53.7 Å². The summed E-state index contributed by atoms with van der Waals surface area (Å²) in [4.78, 5) is 22.0. The third kappa shape index (κ3) is 4.26. The summed E-state index contributed by atoms with van der Waals surface area (Å²) < 4.78 is 12.8. The van der Waals surface area contributed by atoms with E-state index >= 15 is 0 Å². The van der Waals surface area contributed by atoms with Gasteiger partial charge in [-0.15, -0.1) is 0 Å². The SMILES string of the molecule is O=C(CN1CCCC1)Nc1ccccc1CS(=O)c1nc2ccccc2[nH]1. The van der Waals surface area contributed by atoms with Crippen LogP contribution in [0.5, 0.6) is 0 Å². The Morgan fingerprint density at radius 3 is 2.67 bits per heavy atom. The Hall–Kier alpha value is -2.51. The van der Waals surface area contributed by atoms with Gasteiger partial charge in [0.25, 0.3) is 0 Å². The number of nitrogens with zero attached hydrogens (tertiary/aromatic N) is 2. The van der Waals surface area contributed by atoms with Gasteiger partial charge in [0.15, 0.2) is 5.16 Å². The van der Waals surface area contributed by atoms with Gasteiger partial charge in [-0.05, 0) is 49.7 Å².